The number of fused-ring (bicyclic) bond motifs is 1. The maximum Gasteiger partial charge on any atom is 0.150 e. The number of aliphatic hydroxyl groups is 1. The molecule has 0 radical (unpaired) electrons. The lowest BCUT2D eigenvalue weighted by Gasteiger charge is -2.14. The zero-order chi connectivity index (χ0) is 14.5. The number of nitrogens with two attached hydrogens (primary N) is 1. The van der Waals surface area contributed by atoms with Gasteiger partial charge in [-0.3, -0.25) is 4.98 Å². The molecule has 0 bridgehead atoms. The van der Waals surface area contributed by atoms with Crippen LogP contribution in [0.4, 0.5) is 15.8 Å². The first-order chi connectivity index (χ1) is 9.63. The molecule has 1 aromatic heterocycles. The van der Waals surface area contributed by atoms with E-state index in [1.54, 1.807) is 18.3 Å². The van der Waals surface area contributed by atoms with Crippen molar-refractivity contribution in [3.8, 4) is 0 Å². The van der Waals surface area contributed by atoms with Gasteiger partial charge in [0.2, 0.25) is 0 Å². The van der Waals surface area contributed by atoms with Crippen LogP contribution < -0.4 is 11.1 Å². The maximum atomic E-state index is 14.0. The van der Waals surface area contributed by atoms with Gasteiger partial charge in [0, 0.05) is 30.9 Å². The molecular formula is C14H18FN3O2. The van der Waals surface area contributed by atoms with Crippen LogP contribution in [-0.2, 0) is 4.74 Å². The van der Waals surface area contributed by atoms with Gasteiger partial charge in [0.05, 0.1) is 23.9 Å². The number of pyridine rings is 1. The van der Waals surface area contributed by atoms with E-state index in [9.17, 15) is 9.50 Å². The van der Waals surface area contributed by atoms with E-state index in [-0.39, 0.29) is 6.61 Å². The predicted molar refractivity (Wildman–Crippen MR) is 77.1 cm³/mol. The summed E-state index contributed by atoms with van der Waals surface area (Å²) >= 11 is 0. The zero-order valence-corrected chi connectivity index (χ0v) is 11.3. The smallest absolute Gasteiger partial charge is 0.150 e. The molecule has 1 heterocycles. The molecule has 0 aliphatic rings. The number of nitrogen functional groups attached to an aromatic ring is 1. The maximum absolute atomic E-state index is 14.0. The quantitative estimate of drug-likeness (QED) is 0.702. The molecule has 0 aliphatic heterocycles. The summed E-state index contributed by atoms with van der Waals surface area (Å²) in [4.78, 5) is 4.17. The second-order valence-electron chi connectivity index (χ2n) is 4.55. The van der Waals surface area contributed by atoms with Crippen molar-refractivity contribution in [1.29, 1.82) is 0 Å². The zero-order valence-electron chi connectivity index (χ0n) is 11.3. The molecule has 0 saturated carbocycles. The van der Waals surface area contributed by atoms with Crippen LogP contribution in [0.5, 0.6) is 0 Å². The van der Waals surface area contributed by atoms with Crippen LogP contribution in [0.2, 0.25) is 0 Å². The van der Waals surface area contributed by atoms with Gasteiger partial charge in [-0.05, 0) is 24.6 Å². The molecule has 4 N–H and O–H groups in total. The molecular weight excluding hydrogens is 261 g/mol. The number of halogens is 1. The van der Waals surface area contributed by atoms with Crippen LogP contribution in [0.1, 0.15) is 6.42 Å². The van der Waals surface area contributed by atoms with Crippen LogP contribution in [-0.4, -0.2) is 36.5 Å². The summed E-state index contributed by atoms with van der Waals surface area (Å²) in [7, 11) is 1.52. The number of methoxy groups -OCH3 is 1. The summed E-state index contributed by atoms with van der Waals surface area (Å²) in [6.45, 7) is 0.669. The van der Waals surface area contributed by atoms with Gasteiger partial charge in [-0.2, -0.15) is 0 Å². The molecule has 6 heteroatoms. The molecule has 0 amide bonds. The summed E-state index contributed by atoms with van der Waals surface area (Å²) in [5.74, 6) is -0.449. The van der Waals surface area contributed by atoms with Crippen LogP contribution in [0.25, 0.3) is 10.9 Å². The average molecular weight is 279 g/mol. The van der Waals surface area contributed by atoms with Gasteiger partial charge >= 0.3 is 0 Å². The molecule has 1 atom stereocenters. The van der Waals surface area contributed by atoms with E-state index >= 15 is 0 Å². The van der Waals surface area contributed by atoms with E-state index < -0.39 is 11.9 Å². The Labute approximate surface area is 116 Å². The first-order valence-electron chi connectivity index (χ1n) is 6.37. The molecule has 2 aromatic rings. The van der Waals surface area contributed by atoms with Crippen molar-refractivity contribution in [3.05, 3.63) is 30.2 Å². The average Bonchev–Trinajstić information content (AvgIpc) is 2.43. The summed E-state index contributed by atoms with van der Waals surface area (Å²) < 4.78 is 18.8. The van der Waals surface area contributed by atoms with Gasteiger partial charge in [0.25, 0.3) is 0 Å². The van der Waals surface area contributed by atoms with Gasteiger partial charge in [-0.1, -0.05) is 0 Å². The third-order valence-electron chi connectivity index (χ3n) is 3.01. The molecule has 5 nitrogen and oxygen atoms in total. The predicted octanol–water partition coefficient (Wildman–Crippen LogP) is 1.77. The minimum atomic E-state index is -0.580. The van der Waals surface area contributed by atoms with Crippen molar-refractivity contribution in [2.45, 2.75) is 12.5 Å². The van der Waals surface area contributed by atoms with Crippen molar-refractivity contribution >= 4 is 22.3 Å². The van der Waals surface area contributed by atoms with Crippen molar-refractivity contribution in [2.75, 3.05) is 31.3 Å². The molecule has 0 aliphatic carbocycles. The molecule has 1 unspecified atom stereocenters. The first kappa shape index (κ1) is 14.5. The second kappa shape index (κ2) is 6.49. The summed E-state index contributed by atoms with van der Waals surface area (Å²) in [6.07, 6.45) is 1.46. The lowest BCUT2D eigenvalue weighted by molar-refractivity contribution is 0.0615. The molecule has 108 valence electrons. The van der Waals surface area contributed by atoms with Crippen molar-refractivity contribution in [1.82, 2.24) is 4.98 Å². The van der Waals surface area contributed by atoms with Crippen molar-refractivity contribution < 1.29 is 14.2 Å². The van der Waals surface area contributed by atoms with E-state index in [2.05, 4.69) is 10.3 Å². The molecule has 2 rings (SSSR count). The number of hydrogen-bond acceptors (Lipinski definition) is 5. The minimum absolute atomic E-state index is 0.255. The van der Waals surface area contributed by atoms with Crippen LogP contribution in [0.3, 0.4) is 0 Å². The fourth-order valence-corrected chi connectivity index (χ4v) is 2.04. The topological polar surface area (TPSA) is 80.4 Å². The number of aliphatic hydroxyl groups excluding tert-OH is 1. The van der Waals surface area contributed by atoms with Crippen molar-refractivity contribution in [2.24, 2.45) is 0 Å². The van der Waals surface area contributed by atoms with Gasteiger partial charge in [-0.15, -0.1) is 0 Å². The Morgan fingerprint density at radius 1 is 1.55 bits per heavy atom. The summed E-state index contributed by atoms with van der Waals surface area (Å²) in [6, 6.07) is 4.82. The minimum Gasteiger partial charge on any atom is -0.398 e. The van der Waals surface area contributed by atoms with Crippen LogP contribution in [0.15, 0.2) is 24.4 Å². The molecule has 20 heavy (non-hydrogen) atoms. The Bertz CT molecular complexity index is 592. The van der Waals surface area contributed by atoms with Crippen molar-refractivity contribution in [3.63, 3.8) is 0 Å². The second-order valence-corrected chi connectivity index (χ2v) is 4.55. The molecule has 0 saturated heterocycles. The number of hydrogen-bond donors (Lipinski definition) is 3. The Kier molecular flexibility index (Phi) is 4.70. The molecule has 0 fully saturated rings. The lowest BCUT2D eigenvalue weighted by Crippen LogP contribution is -2.18. The van der Waals surface area contributed by atoms with Crippen LogP contribution >= 0.6 is 0 Å². The third-order valence-corrected chi connectivity index (χ3v) is 3.01. The van der Waals surface area contributed by atoms with E-state index in [1.807, 2.05) is 0 Å². The Morgan fingerprint density at radius 3 is 3.10 bits per heavy atom. The fourth-order valence-electron chi connectivity index (χ4n) is 2.04. The van der Waals surface area contributed by atoms with Gasteiger partial charge in [-0.25, -0.2) is 4.39 Å². The number of ether oxygens (including phenoxy) is 1. The van der Waals surface area contributed by atoms with Gasteiger partial charge in [0.1, 0.15) is 0 Å². The van der Waals surface area contributed by atoms with Crippen LogP contribution in [0, 0.1) is 5.82 Å². The van der Waals surface area contributed by atoms with E-state index in [4.69, 9.17) is 10.5 Å². The highest BCUT2D eigenvalue weighted by Gasteiger charge is 2.12. The fraction of sp³-hybridized carbons (Fsp3) is 0.357. The number of anilines is 2. The first-order valence-corrected chi connectivity index (χ1v) is 6.37. The SMILES string of the molecule is COCC(O)CCNc1c(F)cc(N)c2cccnc12. The number of benzene rings is 1. The molecule has 0 spiro atoms. The summed E-state index contributed by atoms with van der Waals surface area (Å²) in [5, 5.41) is 13.2. The third kappa shape index (κ3) is 3.15. The highest BCUT2D eigenvalue weighted by molar-refractivity contribution is 5.98. The van der Waals surface area contributed by atoms with E-state index in [0.29, 0.717) is 35.2 Å². The summed E-state index contributed by atoms with van der Waals surface area (Å²) in [5.41, 5.74) is 6.93. The molecule has 1 aromatic carbocycles. The lowest BCUT2D eigenvalue weighted by atomic mass is 10.1. The largest absolute Gasteiger partial charge is 0.398 e. The number of nitrogens with one attached hydrogen (secondary N) is 1. The monoisotopic (exact) mass is 279 g/mol. The Balaban J connectivity index is 2.17. The Morgan fingerprint density at radius 2 is 2.35 bits per heavy atom. The number of rotatable bonds is 6. The van der Waals surface area contributed by atoms with Gasteiger partial charge in [0.15, 0.2) is 5.82 Å². The normalized spacial score (nSPS) is 12.6. The number of aromatic nitrogens is 1. The highest BCUT2D eigenvalue weighted by atomic mass is 19.1. The van der Waals surface area contributed by atoms with Gasteiger partial charge < -0.3 is 20.9 Å². The standard InChI is InChI=1S/C14H18FN3O2/c1-20-8-9(19)4-6-18-14-11(15)7-12(16)10-3-2-5-17-13(10)14/h2-3,5,7,9,18-19H,4,6,8,16H2,1H3. The van der Waals surface area contributed by atoms with E-state index in [1.165, 1.54) is 13.2 Å². The highest BCUT2D eigenvalue weighted by Crippen LogP contribution is 2.29. The van der Waals surface area contributed by atoms with E-state index in [0.717, 1.165) is 0 Å². The number of nitrogens with zero attached hydrogens (tertiary/aromatic N) is 1. The Hall–Kier alpha value is -1.92.